The molecule has 3 aromatic heterocycles. The lowest BCUT2D eigenvalue weighted by Gasteiger charge is -2.11. The van der Waals surface area contributed by atoms with Gasteiger partial charge in [0.25, 0.3) is 0 Å². The van der Waals surface area contributed by atoms with E-state index in [9.17, 15) is 0 Å². The lowest BCUT2D eigenvalue weighted by molar-refractivity contribution is 0.932. The molecule has 0 fully saturated rings. The van der Waals surface area contributed by atoms with E-state index in [4.69, 9.17) is 15.0 Å². The molecule has 0 aliphatic carbocycles. The van der Waals surface area contributed by atoms with E-state index in [2.05, 4.69) is 107 Å². The Morgan fingerprint density at radius 1 is 0.600 bits per heavy atom. The Balaban J connectivity index is 1.51. The van der Waals surface area contributed by atoms with Gasteiger partial charge >= 0.3 is 0 Å². The van der Waals surface area contributed by atoms with E-state index in [1.165, 1.54) is 21.7 Å². The van der Waals surface area contributed by atoms with Gasteiger partial charge in [0.15, 0.2) is 11.6 Å². The molecule has 0 aliphatic heterocycles. The van der Waals surface area contributed by atoms with E-state index in [1.807, 2.05) is 55.5 Å². The molecular weight excluding hydrogens is 550 g/mol. The Hall–Kier alpha value is -6.07. The Bertz CT molecular complexity index is 2440. The van der Waals surface area contributed by atoms with Gasteiger partial charge in [0.05, 0.1) is 22.1 Å². The molecule has 8 rings (SSSR count). The van der Waals surface area contributed by atoms with E-state index in [1.54, 1.807) is 6.08 Å². The molecule has 0 spiro atoms. The second-order valence-electron chi connectivity index (χ2n) is 10.9. The van der Waals surface area contributed by atoms with Crippen molar-refractivity contribution in [3.8, 4) is 23.0 Å². The van der Waals surface area contributed by atoms with Crippen LogP contribution in [0.2, 0.25) is 0 Å². The summed E-state index contributed by atoms with van der Waals surface area (Å²) in [4.78, 5) is 15.1. The van der Waals surface area contributed by atoms with Crippen LogP contribution in [0.5, 0.6) is 0 Å². The van der Waals surface area contributed by atoms with Gasteiger partial charge in [0.2, 0.25) is 5.95 Å². The van der Waals surface area contributed by atoms with E-state index >= 15 is 0 Å². The normalized spacial score (nSPS) is 12.2. The van der Waals surface area contributed by atoms with Crippen LogP contribution in [0, 0.1) is 0 Å². The standard InChI is InChI=1S/C40H29N5/c1-3-15-27(16-4-2)38-41-39(28-17-7-5-8-18-28)43-40(42-38)45-33-24-14-12-22-31(33)37-35(45)26-25-34-36(37)30-21-11-13-23-32(30)44(34)29-19-9-6-10-20-29/h3-26H,1H2,2H3/b16-4-,27-15+. The molecule has 5 aromatic carbocycles. The van der Waals surface area contributed by atoms with Gasteiger partial charge in [-0.05, 0) is 43.3 Å². The highest BCUT2D eigenvalue weighted by molar-refractivity contribution is 6.28. The number of para-hydroxylation sites is 3. The summed E-state index contributed by atoms with van der Waals surface area (Å²) in [5.74, 6) is 1.77. The first-order valence-corrected chi connectivity index (χ1v) is 15.0. The Kier molecular flexibility index (Phi) is 6.42. The van der Waals surface area contributed by atoms with Crippen LogP contribution in [0.1, 0.15) is 12.7 Å². The monoisotopic (exact) mass is 579 g/mol. The Morgan fingerprint density at radius 3 is 1.82 bits per heavy atom. The van der Waals surface area contributed by atoms with E-state index in [0.29, 0.717) is 17.6 Å². The van der Waals surface area contributed by atoms with Gasteiger partial charge in [-0.3, -0.25) is 4.57 Å². The maximum atomic E-state index is 5.10. The van der Waals surface area contributed by atoms with Crippen LogP contribution in [-0.2, 0) is 0 Å². The van der Waals surface area contributed by atoms with Crippen molar-refractivity contribution in [2.24, 2.45) is 0 Å². The van der Waals surface area contributed by atoms with Crippen LogP contribution in [0.25, 0.3) is 72.2 Å². The summed E-state index contributed by atoms with van der Waals surface area (Å²) >= 11 is 0. The van der Waals surface area contributed by atoms with Crippen molar-refractivity contribution in [2.75, 3.05) is 0 Å². The third-order valence-corrected chi connectivity index (χ3v) is 8.24. The Labute approximate surface area is 260 Å². The summed E-state index contributed by atoms with van der Waals surface area (Å²) in [6.07, 6.45) is 7.69. The highest BCUT2D eigenvalue weighted by Crippen LogP contribution is 2.42. The van der Waals surface area contributed by atoms with Crippen LogP contribution >= 0.6 is 0 Å². The number of hydrogen-bond acceptors (Lipinski definition) is 3. The van der Waals surface area contributed by atoms with Crippen molar-refractivity contribution in [1.29, 1.82) is 0 Å². The van der Waals surface area contributed by atoms with Crippen molar-refractivity contribution in [3.63, 3.8) is 0 Å². The van der Waals surface area contributed by atoms with Gasteiger partial charge in [-0.1, -0.05) is 116 Å². The molecule has 0 amide bonds. The van der Waals surface area contributed by atoms with E-state index < -0.39 is 0 Å². The summed E-state index contributed by atoms with van der Waals surface area (Å²) in [5.41, 5.74) is 7.32. The number of rotatable bonds is 6. The highest BCUT2D eigenvalue weighted by atomic mass is 15.2. The molecule has 0 saturated heterocycles. The predicted octanol–water partition coefficient (Wildman–Crippen LogP) is 9.88. The van der Waals surface area contributed by atoms with Gasteiger partial charge in [0.1, 0.15) is 0 Å². The third kappa shape index (κ3) is 4.28. The lowest BCUT2D eigenvalue weighted by Crippen LogP contribution is -2.07. The molecule has 3 heterocycles. The minimum atomic E-state index is 0.565. The minimum Gasteiger partial charge on any atom is -0.309 e. The van der Waals surface area contributed by atoms with E-state index in [-0.39, 0.29) is 0 Å². The van der Waals surface area contributed by atoms with Gasteiger partial charge in [0, 0.05) is 38.4 Å². The lowest BCUT2D eigenvalue weighted by atomic mass is 10.1. The molecule has 214 valence electrons. The van der Waals surface area contributed by atoms with Gasteiger partial charge in [-0.25, -0.2) is 4.98 Å². The van der Waals surface area contributed by atoms with Crippen LogP contribution in [0.15, 0.2) is 152 Å². The quantitative estimate of drug-likeness (QED) is 0.184. The average Bonchev–Trinajstić information content (AvgIpc) is 3.61. The van der Waals surface area contributed by atoms with Crippen molar-refractivity contribution in [1.82, 2.24) is 24.1 Å². The number of allylic oxidation sites excluding steroid dienone is 5. The van der Waals surface area contributed by atoms with Gasteiger partial charge in [-0.15, -0.1) is 0 Å². The zero-order valence-electron chi connectivity index (χ0n) is 24.8. The minimum absolute atomic E-state index is 0.565. The molecule has 5 nitrogen and oxygen atoms in total. The zero-order valence-corrected chi connectivity index (χ0v) is 24.8. The predicted molar refractivity (Wildman–Crippen MR) is 187 cm³/mol. The third-order valence-electron chi connectivity index (χ3n) is 8.24. The second kappa shape index (κ2) is 10.9. The second-order valence-corrected chi connectivity index (χ2v) is 10.9. The van der Waals surface area contributed by atoms with Crippen molar-refractivity contribution < 1.29 is 0 Å². The molecule has 0 saturated carbocycles. The maximum absolute atomic E-state index is 5.10. The number of hydrogen-bond donors (Lipinski definition) is 0. The first-order chi connectivity index (χ1) is 22.3. The van der Waals surface area contributed by atoms with Crippen LogP contribution in [-0.4, -0.2) is 24.1 Å². The number of benzene rings is 5. The summed E-state index contributed by atoms with van der Waals surface area (Å²) in [7, 11) is 0. The average molecular weight is 580 g/mol. The highest BCUT2D eigenvalue weighted by Gasteiger charge is 2.22. The molecule has 0 bridgehead atoms. The number of nitrogens with zero attached hydrogens (tertiary/aromatic N) is 5. The summed E-state index contributed by atoms with van der Waals surface area (Å²) in [6.45, 7) is 5.92. The van der Waals surface area contributed by atoms with Gasteiger partial charge < -0.3 is 4.57 Å². The SMILES string of the molecule is C=C/C=C(\C=C/C)c1nc(-c2ccccc2)nc(-n2c3ccccc3c3c4c5ccccc5n(-c5ccccc5)c4ccc32)n1. The molecule has 0 atom stereocenters. The van der Waals surface area contributed by atoms with Crippen molar-refractivity contribution in [2.45, 2.75) is 6.92 Å². The van der Waals surface area contributed by atoms with Crippen molar-refractivity contribution >= 4 is 49.2 Å². The molecule has 8 aromatic rings. The summed E-state index contributed by atoms with van der Waals surface area (Å²) < 4.78 is 4.53. The number of fused-ring (bicyclic) bond motifs is 7. The fourth-order valence-electron chi connectivity index (χ4n) is 6.41. The maximum Gasteiger partial charge on any atom is 0.238 e. The summed E-state index contributed by atoms with van der Waals surface area (Å²) in [5, 5.41) is 4.73. The first-order valence-electron chi connectivity index (χ1n) is 15.0. The molecule has 0 N–H and O–H groups in total. The fraction of sp³-hybridized carbons (Fsp3) is 0.0250. The smallest absolute Gasteiger partial charge is 0.238 e. The molecule has 45 heavy (non-hydrogen) atoms. The van der Waals surface area contributed by atoms with Crippen molar-refractivity contribution in [3.05, 3.63) is 158 Å². The largest absolute Gasteiger partial charge is 0.309 e. The van der Waals surface area contributed by atoms with E-state index in [0.717, 1.165) is 38.8 Å². The first kappa shape index (κ1) is 26.5. The molecule has 0 unspecified atom stereocenters. The van der Waals surface area contributed by atoms with Crippen LogP contribution < -0.4 is 0 Å². The van der Waals surface area contributed by atoms with Crippen LogP contribution in [0.4, 0.5) is 0 Å². The zero-order chi connectivity index (χ0) is 30.3. The molecule has 0 radical (unpaired) electrons. The molecule has 0 aliphatic rings. The fourth-order valence-corrected chi connectivity index (χ4v) is 6.41. The van der Waals surface area contributed by atoms with Crippen LogP contribution in [0.3, 0.4) is 0 Å². The summed E-state index contributed by atoms with van der Waals surface area (Å²) in [6, 6.07) is 42.2. The molecular formula is C40H29N5. The topological polar surface area (TPSA) is 48.5 Å². The van der Waals surface area contributed by atoms with Gasteiger partial charge in [-0.2, -0.15) is 9.97 Å². The number of aromatic nitrogens is 5. The Morgan fingerprint density at radius 2 is 1.18 bits per heavy atom. The molecule has 5 heteroatoms.